The Morgan fingerprint density at radius 1 is 1.58 bits per heavy atom. The lowest BCUT2D eigenvalue weighted by molar-refractivity contribution is -0.144. The van der Waals surface area contributed by atoms with Gasteiger partial charge in [-0.15, -0.1) is 11.6 Å². The van der Waals surface area contributed by atoms with Crippen LogP contribution in [0.2, 0.25) is 0 Å². The molecule has 0 bridgehead atoms. The highest BCUT2D eigenvalue weighted by atomic mass is 35.5. The number of carbonyl (C=O) groups excluding carboxylic acids is 1. The van der Waals surface area contributed by atoms with Gasteiger partial charge in [0.25, 0.3) is 0 Å². The molecule has 0 aliphatic heterocycles. The van der Waals surface area contributed by atoms with E-state index in [0.717, 1.165) is 31.6 Å². The molecule has 0 radical (unpaired) electrons. The molecule has 2 fully saturated rings. The van der Waals surface area contributed by atoms with Crippen molar-refractivity contribution in [1.29, 1.82) is 0 Å². The SMILES string of the molecule is O=C1C[C@H]2CCC[C@@]12CCCCl. The van der Waals surface area contributed by atoms with Crippen molar-refractivity contribution in [2.75, 3.05) is 5.88 Å². The van der Waals surface area contributed by atoms with Crippen LogP contribution in [0.1, 0.15) is 38.5 Å². The summed E-state index contributed by atoms with van der Waals surface area (Å²) in [7, 11) is 0. The van der Waals surface area contributed by atoms with Gasteiger partial charge in [0.2, 0.25) is 0 Å². The average Bonchev–Trinajstić information content (AvgIpc) is 2.39. The standard InChI is InChI=1S/C10H15ClO/c11-6-2-5-10-4-1-3-8(10)7-9(10)12/h8H,1-7H2/t8-,10+/m1/s1. The molecular formula is C10H15ClO. The molecule has 2 aliphatic rings. The highest BCUT2D eigenvalue weighted by Crippen LogP contribution is 2.57. The lowest BCUT2D eigenvalue weighted by Gasteiger charge is -2.43. The molecule has 0 heterocycles. The maximum Gasteiger partial charge on any atom is 0.139 e. The van der Waals surface area contributed by atoms with Gasteiger partial charge in [-0.1, -0.05) is 6.42 Å². The Morgan fingerprint density at radius 2 is 2.42 bits per heavy atom. The van der Waals surface area contributed by atoms with Gasteiger partial charge in [0.1, 0.15) is 5.78 Å². The van der Waals surface area contributed by atoms with E-state index in [1.807, 2.05) is 0 Å². The van der Waals surface area contributed by atoms with Crippen LogP contribution >= 0.6 is 11.6 Å². The molecular weight excluding hydrogens is 172 g/mol. The Balaban J connectivity index is 2.01. The zero-order valence-electron chi connectivity index (χ0n) is 7.31. The highest BCUT2D eigenvalue weighted by molar-refractivity contribution is 6.17. The molecule has 2 heteroatoms. The fourth-order valence-electron chi connectivity index (χ4n) is 2.96. The third kappa shape index (κ3) is 1.02. The molecule has 2 aliphatic carbocycles. The van der Waals surface area contributed by atoms with Gasteiger partial charge in [-0.25, -0.2) is 0 Å². The fourth-order valence-corrected chi connectivity index (χ4v) is 3.09. The van der Waals surface area contributed by atoms with Crippen LogP contribution in [-0.4, -0.2) is 11.7 Å². The predicted octanol–water partition coefficient (Wildman–Crippen LogP) is 2.76. The molecule has 0 aromatic rings. The maximum atomic E-state index is 11.5. The molecule has 2 atom stereocenters. The number of carbonyl (C=O) groups is 1. The van der Waals surface area contributed by atoms with Gasteiger partial charge in [-0.2, -0.15) is 0 Å². The van der Waals surface area contributed by atoms with E-state index in [-0.39, 0.29) is 5.41 Å². The lowest BCUT2D eigenvalue weighted by Crippen LogP contribution is -2.46. The first kappa shape index (κ1) is 8.55. The Kier molecular flexibility index (Phi) is 2.16. The van der Waals surface area contributed by atoms with E-state index in [9.17, 15) is 4.79 Å². The Bertz CT molecular complexity index is 202. The lowest BCUT2D eigenvalue weighted by atomic mass is 9.59. The van der Waals surface area contributed by atoms with E-state index >= 15 is 0 Å². The second-order valence-electron chi connectivity index (χ2n) is 4.17. The maximum absolute atomic E-state index is 11.5. The quantitative estimate of drug-likeness (QED) is 0.620. The Hall–Kier alpha value is -0.0400. The van der Waals surface area contributed by atoms with Gasteiger partial charge in [0, 0.05) is 17.7 Å². The van der Waals surface area contributed by atoms with Crippen molar-refractivity contribution in [2.24, 2.45) is 11.3 Å². The summed E-state index contributed by atoms with van der Waals surface area (Å²) in [5, 5.41) is 0. The zero-order chi connectivity index (χ0) is 8.60. The second-order valence-corrected chi connectivity index (χ2v) is 4.54. The summed E-state index contributed by atoms with van der Waals surface area (Å²) >= 11 is 5.65. The Labute approximate surface area is 78.5 Å². The first-order valence-corrected chi connectivity index (χ1v) is 5.42. The van der Waals surface area contributed by atoms with E-state index in [2.05, 4.69) is 0 Å². The number of alkyl halides is 1. The van der Waals surface area contributed by atoms with Crippen molar-refractivity contribution in [3.8, 4) is 0 Å². The van der Waals surface area contributed by atoms with Crippen LogP contribution in [0.15, 0.2) is 0 Å². The molecule has 0 unspecified atom stereocenters. The topological polar surface area (TPSA) is 17.1 Å². The first-order valence-electron chi connectivity index (χ1n) is 4.89. The minimum atomic E-state index is 0.120. The monoisotopic (exact) mass is 186 g/mol. The third-order valence-corrected chi connectivity index (χ3v) is 3.97. The van der Waals surface area contributed by atoms with E-state index in [4.69, 9.17) is 11.6 Å². The normalized spacial score (nSPS) is 39.4. The van der Waals surface area contributed by atoms with Crippen molar-refractivity contribution >= 4 is 17.4 Å². The third-order valence-electron chi connectivity index (χ3n) is 3.70. The summed E-state index contributed by atoms with van der Waals surface area (Å²) in [5.74, 6) is 1.96. The summed E-state index contributed by atoms with van der Waals surface area (Å²) < 4.78 is 0. The number of halogens is 1. The zero-order valence-corrected chi connectivity index (χ0v) is 8.07. The average molecular weight is 187 g/mol. The molecule has 12 heavy (non-hydrogen) atoms. The molecule has 0 aromatic carbocycles. The molecule has 0 aromatic heterocycles. The van der Waals surface area contributed by atoms with Gasteiger partial charge in [0.05, 0.1) is 0 Å². The summed E-state index contributed by atoms with van der Waals surface area (Å²) in [5.41, 5.74) is 0.120. The van der Waals surface area contributed by atoms with Gasteiger partial charge < -0.3 is 0 Å². The van der Waals surface area contributed by atoms with Crippen molar-refractivity contribution in [3.63, 3.8) is 0 Å². The van der Waals surface area contributed by atoms with Gasteiger partial charge in [0.15, 0.2) is 0 Å². The van der Waals surface area contributed by atoms with Crippen LogP contribution in [0.5, 0.6) is 0 Å². The van der Waals surface area contributed by atoms with Crippen LogP contribution in [0.3, 0.4) is 0 Å². The van der Waals surface area contributed by atoms with Crippen LogP contribution in [0, 0.1) is 11.3 Å². The number of hydrogen-bond acceptors (Lipinski definition) is 1. The van der Waals surface area contributed by atoms with Gasteiger partial charge >= 0.3 is 0 Å². The summed E-state index contributed by atoms with van der Waals surface area (Å²) in [6.07, 6.45) is 6.63. The largest absolute Gasteiger partial charge is 0.299 e. The number of rotatable bonds is 3. The van der Waals surface area contributed by atoms with Gasteiger partial charge in [-0.3, -0.25) is 4.79 Å². The molecule has 2 saturated carbocycles. The van der Waals surface area contributed by atoms with Crippen molar-refractivity contribution < 1.29 is 4.79 Å². The molecule has 0 spiro atoms. The summed E-state index contributed by atoms with van der Waals surface area (Å²) in [4.78, 5) is 11.5. The van der Waals surface area contributed by atoms with Crippen LogP contribution < -0.4 is 0 Å². The summed E-state index contributed by atoms with van der Waals surface area (Å²) in [6.45, 7) is 0. The fraction of sp³-hybridized carbons (Fsp3) is 0.900. The molecule has 0 N–H and O–H groups in total. The van der Waals surface area contributed by atoms with E-state index in [0.29, 0.717) is 11.7 Å². The first-order chi connectivity index (χ1) is 5.79. The van der Waals surface area contributed by atoms with Crippen molar-refractivity contribution in [1.82, 2.24) is 0 Å². The van der Waals surface area contributed by atoms with E-state index in [1.165, 1.54) is 12.8 Å². The number of fused-ring (bicyclic) bond motifs is 1. The van der Waals surface area contributed by atoms with E-state index in [1.54, 1.807) is 0 Å². The van der Waals surface area contributed by atoms with Crippen molar-refractivity contribution in [2.45, 2.75) is 38.5 Å². The number of ketones is 1. The van der Waals surface area contributed by atoms with Crippen LogP contribution in [0.4, 0.5) is 0 Å². The van der Waals surface area contributed by atoms with E-state index < -0.39 is 0 Å². The Morgan fingerprint density at radius 3 is 3.00 bits per heavy atom. The summed E-state index contributed by atoms with van der Waals surface area (Å²) in [6, 6.07) is 0. The molecule has 2 rings (SSSR count). The van der Waals surface area contributed by atoms with Crippen LogP contribution in [-0.2, 0) is 4.79 Å². The predicted molar refractivity (Wildman–Crippen MR) is 49.4 cm³/mol. The van der Waals surface area contributed by atoms with Crippen molar-refractivity contribution in [3.05, 3.63) is 0 Å². The minimum absolute atomic E-state index is 0.120. The second kappa shape index (κ2) is 3.02. The smallest absolute Gasteiger partial charge is 0.139 e. The van der Waals surface area contributed by atoms with Gasteiger partial charge in [-0.05, 0) is 31.6 Å². The van der Waals surface area contributed by atoms with Crippen LogP contribution in [0.25, 0.3) is 0 Å². The highest BCUT2D eigenvalue weighted by Gasteiger charge is 2.55. The number of hydrogen-bond donors (Lipinski definition) is 0. The molecule has 0 saturated heterocycles. The molecule has 1 nitrogen and oxygen atoms in total. The molecule has 68 valence electrons. The molecule has 0 amide bonds. The number of Topliss-reactive ketones (excluding diaryl/α,β-unsaturated/α-hetero) is 1. The minimum Gasteiger partial charge on any atom is -0.299 e.